The SMILES string of the molecule is Nc1nnc(SCC(=O)N2CCc3nc[nH]c3C2)s1. The topological polar surface area (TPSA) is 101 Å². The third kappa shape index (κ3) is 2.71. The maximum absolute atomic E-state index is 12.1. The predicted octanol–water partition coefficient (Wildman–Crippen LogP) is 0.520. The van der Waals surface area contributed by atoms with Crippen LogP contribution in [0.3, 0.4) is 0 Å². The second-order valence-corrected chi connectivity index (χ2v) is 6.32. The van der Waals surface area contributed by atoms with Crippen LogP contribution in [0.1, 0.15) is 11.4 Å². The number of amides is 1. The molecule has 3 N–H and O–H groups in total. The van der Waals surface area contributed by atoms with Crippen molar-refractivity contribution in [1.29, 1.82) is 0 Å². The van der Waals surface area contributed by atoms with Crippen molar-refractivity contribution >= 4 is 34.1 Å². The van der Waals surface area contributed by atoms with E-state index in [1.165, 1.54) is 23.1 Å². The molecular formula is C10H12N6OS2. The number of H-pyrrole nitrogens is 1. The Labute approximate surface area is 117 Å². The molecule has 2 aromatic heterocycles. The van der Waals surface area contributed by atoms with Crippen LogP contribution in [0.25, 0.3) is 0 Å². The van der Waals surface area contributed by atoms with Gasteiger partial charge in [-0.2, -0.15) is 0 Å². The predicted molar refractivity (Wildman–Crippen MR) is 72.8 cm³/mol. The summed E-state index contributed by atoms with van der Waals surface area (Å²) in [7, 11) is 0. The van der Waals surface area contributed by atoms with Gasteiger partial charge in [-0.25, -0.2) is 4.98 Å². The summed E-state index contributed by atoms with van der Waals surface area (Å²) in [5, 5.41) is 8.02. The molecule has 0 radical (unpaired) electrons. The van der Waals surface area contributed by atoms with E-state index in [2.05, 4.69) is 20.2 Å². The Morgan fingerprint density at radius 3 is 3.26 bits per heavy atom. The van der Waals surface area contributed by atoms with Gasteiger partial charge in [0.1, 0.15) is 0 Å². The molecule has 7 nitrogen and oxygen atoms in total. The van der Waals surface area contributed by atoms with E-state index in [1.54, 1.807) is 6.33 Å². The Kier molecular flexibility index (Phi) is 3.38. The van der Waals surface area contributed by atoms with Gasteiger partial charge in [0.15, 0.2) is 4.34 Å². The first kappa shape index (κ1) is 12.4. The van der Waals surface area contributed by atoms with Crippen molar-refractivity contribution in [2.24, 2.45) is 0 Å². The maximum Gasteiger partial charge on any atom is 0.233 e. The highest BCUT2D eigenvalue weighted by Crippen LogP contribution is 2.24. The van der Waals surface area contributed by atoms with Crippen LogP contribution in [-0.2, 0) is 17.8 Å². The molecule has 1 aliphatic rings. The van der Waals surface area contributed by atoms with Crippen LogP contribution in [0.15, 0.2) is 10.7 Å². The zero-order valence-corrected chi connectivity index (χ0v) is 11.6. The van der Waals surface area contributed by atoms with Gasteiger partial charge in [0.05, 0.1) is 30.0 Å². The monoisotopic (exact) mass is 296 g/mol. The molecular weight excluding hydrogens is 284 g/mol. The maximum atomic E-state index is 12.1. The van der Waals surface area contributed by atoms with E-state index in [1.807, 2.05) is 4.90 Å². The van der Waals surface area contributed by atoms with Gasteiger partial charge in [0.25, 0.3) is 0 Å². The number of fused-ring (bicyclic) bond motifs is 1. The van der Waals surface area contributed by atoms with Gasteiger partial charge < -0.3 is 15.6 Å². The third-order valence-electron chi connectivity index (χ3n) is 2.87. The third-order valence-corrected chi connectivity index (χ3v) is 4.74. The number of nitrogens with zero attached hydrogens (tertiary/aromatic N) is 4. The average Bonchev–Trinajstić information content (AvgIpc) is 3.03. The number of carbonyl (C=O) groups is 1. The van der Waals surface area contributed by atoms with Crippen molar-refractivity contribution < 1.29 is 4.79 Å². The minimum Gasteiger partial charge on any atom is -0.374 e. The number of nitrogens with one attached hydrogen (secondary N) is 1. The van der Waals surface area contributed by atoms with Gasteiger partial charge in [0, 0.05) is 13.0 Å². The summed E-state index contributed by atoms with van der Waals surface area (Å²) in [6.45, 7) is 1.32. The molecule has 0 fully saturated rings. The number of nitrogens with two attached hydrogens (primary N) is 1. The number of aromatic amines is 1. The molecule has 0 spiro atoms. The molecule has 0 unspecified atom stereocenters. The Morgan fingerprint density at radius 2 is 2.47 bits per heavy atom. The van der Waals surface area contributed by atoms with E-state index in [0.717, 1.165) is 28.7 Å². The summed E-state index contributed by atoms with van der Waals surface area (Å²) in [4.78, 5) is 21.2. The molecule has 100 valence electrons. The van der Waals surface area contributed by atoms with E-state index in [9.17, 15) is 4.79 Å². The fourth-order valence-electron chi connectivity index (χ4n) is 1.92. The Hall–Kier alpha value is -1.61. The molecule has 0 atom stereocenters. The largest absolute Gasteiger partial charge is 0.374 e. The number of imidazole rings is 1. The van der Waals surface area contributed by atoms with Gasteiger partial charge in [-0.3, -0.25) is 4.79 Å². The van der Waals surface area contributed by atoms with Crippen LogP contribution >= 0.6 is 23.1 Å². The quantitative estimate of drug-likeness (QED) is 0.801. The minimum atomic E-state index is 0.0963. The molecule has 2 aromatic rings. The minimum absolute atomic E-state index is 0.0963. The van der Waals surface area contributed by atoms with Gasteiger partial charge >= 0.3 is 0 Å². The van der Waals surface area contributed by atoms with Gasteiger partial charge in [-0.1, -0.05) is 23.1 Å². The number of aromatic nitrogens is 4. The van der Waals surface area contributed by atoms with Crippen molar-refractivity contribution in [2.75, 3.05) is 18.0 Å². The van der Waals surface area contributed by atoms with Crippen molar-refractivity contribution in [2.45, 2.75) is 17.3 Å². The number of carbonyl (C=O) groups excluding carboxylic acids is 1. The summed E-state index contributed by atoms with van der Waals surface area (Å²) in [5.74, 6) is 0.456. The van der Waals surface area contributed by atoms with E-state index in [0.29, 0.717) is 17.4 Å². The second kappa shape index (κ2) is 5.17. The first-order chi connectivity index (χ1) is 9.22. The van der Waals surface area contributed by atoms with Crippen molar-refractivity contribution in [3.05, 3.63) is 17.7 Å². The zero-order valence-electron chi connectivity index (χ0n) is 10.00. The zero-order chi connectivity index (χ0) is 13.2. The molecule has 3 rings (SSSR count). The molecule has 0 saturated heterocycles. The lowest BCUT2D eigenvalue weighted by Gasteiger charge is -2.25. The number of anilines is 1. The normalized spacial score (nSPS) is 14.4. The van der Waals surface area contributed by atoms with Crippen molar-refractivity contribution in [3.63, 3.8) is 0 Å². The number of hydrogen-bond acceptors (Lipinski definition) is 7. The van der Waals surface area contributed by atoms with E-state index in [-0.39, 0.29) is 5.91 Å². The van der Waals surface area contributed by atoms with Gasteiger partial charge in [-0.15, -0.1) is 10.2 Å². The second-order valence-electron chi connectivity index (χ2n) is 4.09. The van der Waals surface area contributed by atoms with Gasteiger partial charge in [-0.05, 0) is 0 Å². The molecule has 0 bridgehead atoms. The lowest BCUT2D eigenvalue weighted by atomic mass is 10.1. The van der Waals surface area contributed by atoms with E-state index < -0.39 is 0 Å². The molecule has 0 aliphatic carbocycles. The summed E-state index contributed by atoms with van der Waals surface area (Å²) in [5.41, 5.74) is 7.59. The van der Waals surface area contributed by atoms with Crippen LogP contribution < -0.4 is 5.73 Å². The van der Waals surface area contributed by atoms with Crippen LogP contribution in [-0.4, -0.2) is 43.3 Å². The molecule has 1 amide bonds. The molecule has 9 heteroatoms. The molecule has 1 aliphatic heterocycles. The van der Waals surface area contributed by atoms with Crippen LogP contribution in [0, 0.1) is 0 Å². The summed E-state index contributed by atoms with van der Waals surface area (Å²) in [6.07, 6.45) is 2.48. The Morgan fingerprint density at radius 1 is 1.58 bits per heavy atom. The average molecular weight is 296 g/mol. The van der Waals surface area contributed by atoms with E-state index >= 15 is 0 Å². The van der Waals surface area contributed by atoms with Crippen molar-refractivity contribution in [1.82, 2.24) is 25.1 Å². The lowest BCUT2D eigenvalue weighted by Crippen LogP contribution is -2.37. The van der Waals surface area contributed by atoms with Gasteiger partial charge in [0.2, 0.25) is 11.0 Å². The fourth-order valence-corrected chi connectivity index (χ4v) is 3.46. The molecule has 0 aromatic carbocycles. The molecule has 19 heavy (non-hydrogen) atoms. The van der Waals surface area contributed by atoms with Crippen LogP contribution in [0.5, 0.6) is 0 Å². The first-order valence-corrected chi connectivity index (χ1v) is 7.53. The Bertz CT molecular complexity index is 594. The Balaban J connectivity index is 1.57. The lowest BCUT2D eigenvalue weighted by molar-refractivity contribution is -0.129. The number of hydrogen-bond donors (Lipinski definition) is 2. The van der Waals surface area contributed by atoms with Crippen LogP contribution in [0.4, 0.5) is 5.13 Å². The number of rotatable bonds is 3. The summed E-state index contributed by atoms with van der Waals surface area (Å²) >= 11 is 2.67. The fraction of sp³-hybridized carbons (Fsp3) is 0.400. The van der Waals surface area contributed by atoms with E-state index in [4.69, 9.17) is 5.73 Å². The van der Waals surface area contributed by atoms with Crippen LogP contribution in [0.2, 0.25) is 0 Å². The molecule has 0 saturated carbocycles. The highest BCUT2D eigenvalue weighted by atomic mass is 32.2. The highest BCUT2D eigenvalue weighted by Gasteiger charge is 2.22. The number of thioether (sulfide) groups is 1. The summed E-state index contributed by atoms with van der Waals surface area (Å²) in [6, 6.07) is 0. The van der Waals surface area contributed by atoms with Crippen molar-refractivity contribution in [3.8, 4) is 0 Å². The summed E-state index contributed by atoms with van der Waals surface area (Å²) < 4.78 is 0.727. The molecule has 3 heterocycles. The smallest absolute Gasteiger partial charge is 0.233 e. The first-order valence-electron chi connectivity index (χ1n) is 5.73. The highest BCUT2D eigenvalue weighted by molar-refractivity contribution is 8.01. The number of nitrogen functional groups attached to an aromatic ring is 1. The standard InChI is InChI=1S/C10H12N6OS2/c11-9-14-15-10(19-9)18-4-8(17)16-2-1-6-7(3-16)13-5-12-6/h5H,1-4H2,(H2,11,14)(H,12,13).